The molecular formula is C10H16N2O. The van der Waals surface area contributed by atoms with Gasteiger partial charge in [-0.05, 0) is 6.07 Å². The Kier molecular flexibility index (Phi) is 2.28. The standard InChI is InChI=1S/C10H16N2O/c1-7(13)8-6-9(10(2,3)4)12(5)11-8/h6H,1-5H3. The third-order valence-corrected chi connectivity index (χ3v) is 2.01. The van der Waals surface area contributed by atoms with E-state index in [0.717, 1.165) is 5.69 Å². The van der Waals surface area contributed by atoms with Crippen molar-refractivity contribution in [1.29, 1.82) is 0 Å². The maximum atomic E-state index is 11.1. The lowest BCUT2D eigenvalue weighted by atomic mass is 9.92. The molecule has 13 heavy (non-hydrogen) atoms. The maximum Gasteiger partial charge on any atom is 0.179 e. The lowest BCUT2D eigenvalue weighted by molar-refractivity contribution is 0.101. The molecule has 0 atom stereocenters. The highest BCUT2D eigenvalue weighted by atomic mass is 16.1. The van der Waals surface area contributed by atoms with Crippen molar-refractivity contribution >= 4 is 5.78 Å². The first-order valence-corrected chi connectivity index (χ1v) is 4.38. The number of rotatable bonds is 1. The molecule has 0 spiro atoms. The minimum absolute atomic E-state index is 0.0195. The van der Waals surface area contributed by atoms with Gasteiger partial charge in [-0.25, -0.2) is 0 Å². The summed E-state index contributed by atoms with van der Waals surface area (Å²) in [6.07, 6.45) is 0. The van der Waals surface area contributed by atoms with Crippen molar-refractivity contribution in [2.24, 2.45) is 7.05 Å². The molecule has 1 rings (SSSR count). The summed E-state index contributed by atoms with van der Waals surface area (Å²) in [6, 6.07) is 1.86. The summed E-state index contributed by atoms with van der Waals surface area (Å²) in [6.45, 7) is 7.85. The highest BCUT2D eigenvalue weighted by Crippen LogP contribution is 2.22. The van der Waals surface area contributed by atoms with E-state index in [4.69, 9.17) is 0 Å². The summed E-state index contributed by atoms with van der Waals surface area (Å²) in [5.74, 6) is 0.0195. The van der Waals surface area contributed by atoms with Crippen LogP contribution in [0.15, 0.2) is 6.07 Å². The number of hydrogen-bond donors (Lipinski definition) is 0. The predicted molar refractivity (Wildman–Crippen MR) is 51.9 cm³/mol. The van der Waals surface area contributed by atoms with Gasteiger partial charge >= 0.3 is 0 Å². The minimum Gasteiger partial charge on any atom is -0.293 e. The molecule has 1 aromatic heterocycles. The van der Waals surface area contributed by atoms with Crippen LogP contribution in [0.2, 0.25) is 0 Å². The first-order chi connectivity index (χ1) is 5.82. The molecule has 0 aliphatic rings. The molecule has 72 valence electrons. The summed E-state index contributed by atoms with van der Waals surface area (Å²) in [7, 11) is 1.87. The average molecular weight is 180 g/mol. The number of aromatic nitrogens is 2. The molecule has 0 saturated carbocycles. The number of Topliss-reactive ketones (excluding diaryl/α,β-unsaturated/α-hetero) is 1. The van der Waals surface area contributed by atoms with Crippen molar-refractivity contribution < 1.29 is 4.79 Å². The van der Waals surface area contributed by atoms with Crippen molar-refractivity contribution in [1.82, 2.24) is 9.78 Å². The van der Waals surface area contributed by atoms with Gasteiger partial charge in [-0.1, -0.05) is 20.8 Å². The molecule has 0 amide bonds. The molecule has 3 heteroatoms. The van der Waals surface area contributed by atoms with Crippen LogP contribution in [-0.4, -0.2) is 15.6 Å². The van der Waals surface area contributed by atoms with Gasteiger partial charge in [0, 0.05) is 25.1 Å². The summed E-state index contributed by atoms with van der Waals surface area (Å²) in [4.78, 5) is 11.1. The molecular weight excluding hydrogens is 164 g/mol. The van der Waals surface area contributed by atoms with Gasteiger partial charge in [0.1, 0.15) is 5.69 Å². The van der Waals surface area contributed by atoms with E-state index in [9.17, 15) is 4.79 Å². The maximum absolute atomic E-state index is 11.1. The molecule has 3 nitrogen and oxygen atoms in total. The van der Waals surface area contributed by atoms with E-state index in [1.54, 1.807) is 4.68 Å². The second kappa shape index (κ2) is 2.98. The van der Waals surface area contributed by atoms with Gasteiger partial charge in [-0.15, -0.1) is 0 Å². The molecule has 0 radical (unpaired) electrons. The normalized spacial score (nSPS) is 11.8. The second-order valence-corrected chi connectivity index (χ2v) is 4.34. The predicted octanol–water partition coefficient (Wildman–Crippen LogP) is 1.92. The van der Waals surface area contributed by atoms with E-state index in [1.165, 1.54) is 6.92 Å². The fourth-order valence-electron chi connectivity index (χ4n) is 1.34. The van der Waals surface area contributed by atoms with Crippen LogP contribution in [-0.2, 0) is 12.5 Å². The smallest absolute Gasteiger partial charge is 0.179 e. The molecule has 0 aliphatic heterocycles. The van der Waals surface area contributed by atoms with Crippen molar-refractivity contribution in [3.63, 3.8) is 0 Å². The highest BCUT2D eigenvalue weighted by Gasteiger charge is 2.20. The summed E-state index contributed by atoms with van der Waals surface area (Å²) >= 11 is 0. The Balaban J connectivity index is 3.18. The minimum atomic E-state index is 0.0195. The largest absolute Gasteiger partial charge is 0.293 e. The molecule has 0 saturated heterocycles. The third kappa shape index (κ3) is 1.97. The van der Waals surface area contributed by atoms with Crippen LogP contribution in [0.5, 0.6) is 0 Å². The third-order valence-electron chi connectivity index (χ3n) is 2.01. The Bertz CT molecular complexity index is 331. The quantitative estimate of drug-likeness (QED) is 0.619. The van der Waals surface area contributed by atoms with Crippen LogP contribution in [0.4, 0.5) is 0 Å². The second-order valence-electron chi connectivity index (χ2n) is 4.34. The topological polar surface area (TPSA) is 34.9 Å². The molecule has 0 unspecified atom stereocenters. The molecule has 1 aromatic rings. The van der Waals surface area contributed by atoms with Gasteiger partial charge in [-0.2, -0.15) is 5.10 Å². The first-order valence-electron chi connectivity index (χ1n) is 4.38. The molecule has 0 N–H and O–H groups in total. The van der Waals surface area contributed by atoms with E-state index < -0.39 is 0 Å². The lowest BCUT2D eigenvalue weighted by Gasteiger charge is -2.17. The zero-order valence-corrected chi connectivity index (χ0v) is 8.88. The van der Waals surface area contributed by atoms with Gasteiger partial charge < -0.3 is 0 Å². The number of carbonyl (C=O) groups excluding carboxylic acids is 1. The zero-order valence-electron chi connectivity index (χ0n) is 8.88. The van der Waals surface area contributed by atoms with Crippen LogP contribution < -0.4 is 0 Å². The Morgan fingerprint density at radius 2 is 2.00 bits per heavy atom. The van der Waals surface area contributed by atoms with Crippen LogP contribution >= 0.6 is 0 Å². The van der Waals surface area contributed by atoms with E-state index in [0.29, 0.717) is 5.69 Å². The highest BCUT2D eigenvalue weighted by molar-refractivity contribution is 5.92. The monoisotopic (exact) mass is 180 g/mol. The number of carbonyl (C=O) groups is 1. The number of nitrogens with zero attached hydrogens (tertiary/aromatic N) is 2. The molecule has 0 aliphatic carbocycles. The van der Waals surface area contributed by atoms with Gasteiger partial charge in [0.25, 0.3) is 0 Å². The van der Waals surface area contributed by atoms with E-state index in [2.05, 4.69) is 25.9 Å². The van der Waals surface area contributed by atoms with Crippen molar-refractivity contribution in [2.75, 3.05) is 0 Å². The number of aryl methyl sites for hydroxylation is 1. The molecule has 1 heterocycles. The van der Waals surface area contributed by atoms with Crippen molar-refractivity contribution in [2.45, 2.75) is 33.1 Å². The van der Waals surface area contributed by atoms with E-state index in [-0.39, 0.29) is 11.2 Å². The van der Waals surface area contributed by atoms with Gasteiger partial charge in [-0.3, -0.25) is 9.48 Å². The molecule has 0 fully saturated rings. The summed E-state index contributed by atoms with van der Waals surface area (Å²) in [5, 5.41) is 4.14. The van der Waals surface area contributed by atoms with Crippen LogP contribution in [0.1, 0.15) is 43.9 Å². The first kappa shape index (κ1) is 9.96. The van der Waals surface area contributed by atoms with E-state index in [1.807, 2.05) is 13.1 Å². The molecule has 0 bridgehead atoms. The molecule has 0 aromatic carbocycles. The Morgan fingerprint density at radius 3 is 2.23 bits per heavy atom. The van der Waals surface area contributed by atoms with Gasteiger partial charge in [0.05, 0.1) is 0 Å². The van der Waals surface area contributed by atoms with Gasteiger partial charge in [0.15, 0.2) is 5.78 Å². The lowest BCUT2D eigenvalue weighted by Crippen LogP contribution is -2.16. The number of ketones is 1. The van der Waals surface area contributed by atoms with Crippen LogP contribution in [0.3, 0.4) is 0 Å². The Hall–Kier alpha value is -1.12. The Morgan fingerprint density at radius 1 is 1.46 bits per heavy atom. The van der Waals surface area contributed by atoms with Crippen LogP contribution in [0.25, 0.3) is 0 Å². The zero-order chi connectivity index (χ0) is 10.2. The Labute approximate surface area is 78.8 Å². The van der Waals surface area contributed by atoms with Crippen LogP contribution in [0, 0.1) is 0 Å². The SMILES string of the molecule is CC(=O)c1cc(C(C)(C)C)n(C)n1. The van der Waals surface area contributed by atoms with Gasteiger partial charge in [0.2, 0.25) is 0 Å². The fraction of sp³-hybridized carbons (Fsp3) is 0.600. The summed E-state index contributed by atoms with van der Waals surface area (Å²) in [5.41, 5.74) is 1.67. The average Bonchev–Trinajstić information content (AvgIpc) is 2.29. The fourth-order valence-corrected chi connectivity index (χ4v) is 1.34. The summed E-state index contributed by atoms with van der Waals surface area (Å²) < 4.78 is 1.77. The van der Waals surface area contributed by atoms with E-state index >= 15 is 0 Å². The number of hydrogen-bond acceptors (Lipinski definition) is 2. The van der Waals surface area contributed by atoms with Crippen molar-refractivity contribution in [3.05, 3.63) is 17.5 Å². The van der Waals surface area contributed by atoms with Crippen molar-refractivity contribution in [3.8, 4) is 0 Å².